The van der Waals surface area contributed by atoms with Crippen molar-refractivity contribution in [3.8, 4) is 12.1 Å². The first kappa shape index (κ1) is 18.9. The highest BCUT2D eigenvalue weighted by Crippen LogP contribution is 1.91. The number of halogens is 1. The average molecular weight is 282 g/mol. The number of hydrogen-bond acceptors (Lipinski definition) is 4. The summed E-state index contributed by atoms with van der Waals surface area (Å²) >= 11 is 8.87. The normalized spacial score (nSPS) is 6.31. The Morgan fingerprint density at radius 3 is 1.77 bits per heavy atom. The van der Waals surface area contributed by atoms with Crippen LogP contribution in [0.2, 0.25) is 0 Å². The number of hydrogen-bond donors (Lipinski definition) is 0. The van der Waals surface area contributed by atoms with Gasteiger partial charge in [0.2, 0.25) is 0 Å². The SMILES string of the molecule is CSCCC#N.C[S-].N#CCCBr. The molecule has 0 unspecified atom stereocenters. The second kappa shape index (κ2) is 29.5. The van der Waals surface area contributed by atoms with E-state index in [1.54, 1.807) is 18.0 Å². The summed E-state index contributed by atoms with van der Waals surface area (Å²) < 4.78 is 0. The Kier molecular flexibility index (Phi) is 42.8. The average Bonchev–Trinajstić information content (AvgIpc) is 2.20. The molecule has 2 nitrogen and oxygen atoms in total. The second-order valence-electron chi connectivity index (χ2n) is 1.50. The van der Waals surface area contributed by atoms with Crippen molar-refractivity contribution in [3.63, 3.8) is 0 Å². The summed E-state index contributed by atoms with van der Waals surface area (Å²) in [6.07, 6.45) is 4.87. The maximum absolute atomic E-state index is 7.93. The number of nitrogens with zero attached hydrogens (tertiary/aromatic N) is 2. The number of rotatable bonds is 3. The lowest BCUT2D eigenvalue weighted by atomic mass is 10.6. The third-order valence-corrected chi connectivity index (χ3v) is 1.63. The molecule has 0 radical (unpaired) electrons. The Bertz CT molecular complexity index is 140. The summed E-state index contributed by atoms with van der Waals surface area (Å²) in [5.41, 5.74) is 0. The summed E-state index contributed by atoms with van der Waals surface area (Å²) in [4.78, 5) is 0. The maximum atomic E-state index is 7.93. The lowest BCUT2D eigenvalue weighted by Gasteiger charge is -1.78. The van der Waals surface area contributed by atoms with E-state index in [2.05, 4.69) is 28.6 Å². The second-order valence-corrected chi connectivity index (χ2v) is 3.28. The first-order chi connectivity index (χ1) is 6.33. The van der Waals surface area contributed by atoms with E-state index in [9.17, 15) is 0 Å². The Balaban J connectivity index is -0.000000131. The Morgan fingerprint density at radius 1 is 1.23 bits per heavy atom. The van der Waals surface area contributed by atoms with E-state index in [-0.39, 0.29) is 0 Å². The maximum Gasteiger partial charge on any atom is 0.0630 e. The van der Waals surface area contributed by atoms with E-state index in [0.717, 1.165) is 11.1 Å². The number of nitriles is 2. The van der Waals surface area contributed by atoms with Gasteiger partial charge in [-0.05, 0) is 6.26 Å². The minimum atomic E-state index is 0.611. The summed E-state index contributed by atoms with van der Waals surface area (Å²) in [6.45, 7) is 0. The largest absolute Gasteiger partial charge is 0.796 e. The van der Waals surface area contributed by atoms with Crippen LogP contribution in [-0.2, 0) is 12.6 Å². The van der Waals surface area contributed by atoms with Gasteiger partial charge >= 0.3 is 0 Å². The predicted octanol–water partition coefficient (Wildman–Crippen LogP) is 2.72. The molecule has 0 aliphatic carbocycles. The zero-order chi connectivity index (χ0) is 10.9. The molecular formula is C8H14BrN2S2-. The van der Waals surface area contributed by atoms with E-state index in [1.807, 2.05) is 18.4 Å². The van der Waals surface area contributed by atoms with Gasteiger partial charge in [0, 0.05) is 23.9 Å². The van der Waals surface area contributed by atoms with Gasteiger partial charge in [0.1, 0.15) is 0 Å². The van der Waals surface area contributed by atoms with E-state index in [0.29, 0.717) is 12.8 Å². The van der Waals surface area contributed by atoms with Gasteiger partial charge in [0.25, 0.3) is 0 Å². The standard InChI is InChI=1S/C4H7NS.C3H4BrN.CH4S/c1-6-4-2-3-5;4-2-1-3-5;1-2/h2,4H2,1H3;1-2H2;2H,1H3/p-1. The molecule has 0 saturated heterocycles. The molecule has 0 aliphatic heterocycles. The smallest absolute Gasteiger partial charge is 0.0630 e. The quantitative estimate of drug-likeness (QED) is 0.453. The van der Waals surface area contributed by atoms with E-state index >= 15 is 0 Å². The highest BCUT2D eigenvalue weighted by molar-refractivity contribution is 9.09. The van der Waals surface area contributed by atoms with Crippen molar-refractivity contribution >= 4 is 40.3 Å². The van der Waals surface area contributed by atoms with E-state index < -0.39 is 0 Å². The first-order valence-electron chi connectivity index (χ1n) is 3.53. The van der Waals surface area contributed by atoms with Crippen LogP contribution < -0.4 is 0 Å². The molecule has 0 saturated carbocycles. The number of thioether (sulfide) groups is 1. The fourth-order valence-electron chi connectivity index (χ4n) is 0.190. The van der Waals surface area contributed by atoms with Crippen molar-refractivity contribution in [2.45, 2.75) is 12.8 Å². The topological polar surface area (TPSA) is 47.6 Å². The molecule has 76 valence electrons. The summed E-state index contributed by atoms with van der Waals surface area (Å²) in [5, 5.41) is 16.5. The van der Waals surface area contributed by atoms with Gasteiger partial charge in [-0.25, -0.2) is 0 Å². The number of alkyl halides is 1. The van der Waals surface area contributed by atoms with Crippen LogP contribution in [0.3, 0.4) is 0 Å². The molecule has 0 amide bonds. The first-order valence-corrected chi connectivity index (χ1v) is 6.86. The van der Waals surface area contributed by atoms with Crippen LogP contribution >= 0.6 is 27.7 Å². The summed E-state index contributed by atoms with van der Waals surface area (Å²) in [5.74, 6) is 0.969. The fourth-order valence-corrected chi connectivity index (χ4v) is 0.663. The van der Waals surface area contributed by atoms with Crippen LogP contribution in [-0.4, -0.2) is 23.6 Å². The Morgan fingerprint density at radius 2 is 1.69 bits per heavy atom. The van der Waals surface area contributed by atoms with Gasteiger partial charge in [0.15, 0.2) is 0 Å². The zero-order valence-electron chi connectivity index (χ0n) is 7.92. The van der Waals surface area contributed by atoms with E-state index in [4.69, 9.17) is 10.5 Å². The molecule has 0 spiro atoms. The molecule has 0 aromatic carbocycles. The van der Waals surface area contributed by atoms with Crippen molar-refractivity contribution in [1.29, 1.82) is 10.5 Å². The monoisotopic (exact) mass is 281 g/mol. The van der Waals surface area contributed by atoms with Gasteiger partial charge in [-0.3, -0.25) is 0 Å². The highest BCUT2D eigenvalue weighted by atomic mass is 79.9. The molecule has 0 heterocycles. The zero-order valence-corrected chi connectivity index (χ0v) is 11.1. The molecule has 0 aliphatic rings. The van der Waals surface area contributed by atoms with E-state index in [1.165, 1.54) is 0 Å². The molecule has 5 heteroatoms. The summed E-state index contributed by atoms with van der Waals surface area (Å²) in [6, 6.07) is 4.02. The van der Waals surface area contributed by atoms with Crippen molar-refractivity contribution < 1.29 is 0 Å². The molecule has 0 aromatic rings. The molecule has 0 N–H and O–H groups in total. The van der Waals surface area contributed by atoms with Crippen LogP contribution in [0.25, 0.3) is 0 Å². The molecule has 0 fully saturated rings. The minimum Gasteiger partial charge on any atom is -0.796 e. The lowest BCUT2D eigenvalue weighted by molar-refractivity contribution is 1.24. The summed E-state index contributed by atoms with van der Waals surface area (Å²) in [7, 11) is 0. The van der Waals surface area contributed by atoms with Crippen LogP contribution in [0, 0.1) is 22.7 Å². The molecule has 0 atom stereocenters. The van der Waals surface area contributed by atoms with Gasteiger partial charge < -0.3 is 12.6 Å². The highest BCUT2D eigenvalue weighted by Gasteiger charge is 1.74. The van der Waals surface area contributed by atoms with Crippen LogP contribution in [0.5, 0.6) is 0 Å². The third kappa shape index (κ3) is 47.1. The lowest BCUT2D eigenvalue weighted by Crippen LogP contribution is -1.68. The van der Waals surface area contributed by atoms with Gasteiger partial charge in [-0.1, -0.05) is 15.9 Å². The van der Waals surface area contributed by atoms with Gasteiger partial charge in [-0.2, -0.15) is 28.5 Å². The molecule has 0 rings (SSSR count). The third-order valence-electron chi connectivity index (χ3n) is 0.624. The molecular weight excluding hydrogens is 268 g/mol. The molecule has 13 heavy (non-hydrogen) atoms. The Hall–Kier alpha value is 0.160. The van der Waals surface area contributed by atoms with Crippen molar-refractivity contribution in [2.24, 2.45) is 0 Å². The minimum absolute atomic E-state index is 0.611. The molecule has 0 aromatic heterocycles. The van der Waals surface area contributed by atoms with Crippen LogP contribution in [0.4, 0.5) is 0 Å². The van der Waals surface area contributed by atoms with Gasteiger partial charge in [0.05, 0.1) is 12.1 Å². The van der Waals surface area contributed by atoms with Gasteiger partial charge in [-0.15, -0.1) is 0 Å². The predicted molar refractivity (Wildman–Crippen MR) is 65.9 cm³/mol. The van der Waals surface area contributed by atoms with Crippen LogP contribution in [0.15, 0.2) is 0 Å². The van der Waals surface area contributed by atoms with Crippen molar-refractivity contribution in [3.05, 3.63) is 0 Å². The van der Waals surface area contributed by atoms with Crippen molar-refractivity contribution in [1.82, 2.24) is 0 Å². The molecule has 0 bridgehead atoms. The van der Waals surface area contributed by atoms with Crippen molar-refractivity contribution in [2.75, 3.05) is 23.6 Å². The fraction of sp³-hybridized carbons (Fsp3) is 0.750. The van der Waals surface area contributed by atoms with Crippen LogP contribution in [0.1, 0.15) is 12.8 Å². The Labute approximate surface area is 99.2 Å².